The first-order valence-corrected chi connectivity index (χ1v) is 7.72. The molecular weight excluding hydrogens is 321 g/mol. The average molecular weight is 337 g/mol. The van der Waals surface area contributed by atoms with Crippen LogP contribution in [0.1, 0.15) is 22.0 Å². The van der Waals surface area contributed by atoms with E-state index in [0.717, 1.165) is 5.56 Å². The fraction of sp³-hybridized carbons (Fsp3) is 0.105. The Morgan fingerprint density at radius 2 is 1.68 bits per heavy atom. The van der Waals surface area contributed by atoms with Gasteiger partial charge in [0, 0.05) is 24.5 Å². The van der Waals surface area contributed by atoms with Gasteiger partial charge in [-0.25, -0.2) is 14.4 Å². The Bertz CT molecular complexity index is 837. The Kier molecular flexibility index (Phi) is 5.11. The van der Waals surface area contributed by atoms with Gasteiger partial charge in [0.15, 0.2) is 5.82 Å². The lowest BCUT2D eigenvalue weighted by Gasteiger charge is -2.12. The van der Waals surface area contributed by atoms with Gasteiger partial charge in [-0.3, -0.25) is 4.79 Å². The number of benzene rings is 2. The molecule has 0 fully saturated rings. The standard InChI is InChI=1S/C19H16FN3O2/c20-16-8-6-13(7-9-16)17(24)12-23-19(25)15-10-21-18(22-11-15)14-4-2-1-3-5-14/h1-11,17,24H,12H2,(H,23,25). The predicted molar refractivity (Wildman–Crippen MR) is 91.2 cm³/mol. The smallest absolute Gasteiger partial charge is 0.254 e. The second kappa shape index (κ2) is 7.63. The van der Waals surface area contributed by atoms with Crippen LogP contribution < -0.4 is 5.32 Å². The van der Waals surface area contributed by atoms with Crippen LogP contribution in [0.15, 0.2) is 67.0 Å². The van der Waals surface area contributed by atoms with E-state index in [0.29, 0.717) is 17.0 Å². The molecule has 1 amide bonds. The van der Waals surface area contributed by atoms with E-state index in [-0.39, 0.29) is 18.3 Å². The van der Waals surface area contributed by atoms with Crippen molar-refractivity contribution in [2.24, 2.45) is 0 Å². The first-order chi connectivity index (χ1) is 12.1. The summed E-state index contributed by atoms with van der Waals surface area (Å²) < 4.78 is 12.9. The Hall–Kier alpha value is -3.12. The van der Waals surface area contributed by atoms with E-state index in [1.54, 1.807) is 0 Å². The molecule has 2 N–H and O–H groups in total. The average Bonchev–Trinajstić information content (AvgIpc) is 2.67. The van der Waals surface area contributed by atoms with Crippen molar-refractivity contribution in [2.75, 3.05) is 6.54 Å². The van der Waals surface area contributed by atoms with Crippen LogP contribution in [-0.4, -0.2) is 27.5 Å². The van der Waals surface area contributed by atoms with Gasteiger partial charge in [-0.1, -0.05) is 42.5 Å². The van der Waals surface area contributed by atoms with Gasteiger partial charge < -0.3 is 10.4 Å². The van der Waals surface area contributed by atoms with Crippen LogP contribution in [-0.2, 0) is 0 Å². The minimum absolute atomic E-state index is 0.00486. The molecule has 0 spiro atoms. The Balaban J connectivity index is 1.60. The van der Waals surface area contributed by atoms with Crippen molar-refractivity contribution in [3.63, 3.8) is 0 Å². The zero-order valence-electron chi connectivity index (χ0n) is 13.3. The molecule has 25 heavy (non-hydrogen) atoms. The number of aliphatic hydroxyl groups excluding tert-OH is 1. The van der Waals surface area contributed by atoms with E-state index in [1.165, 1.54) is 36.7 Å². The van der Waals surface area contributed by atoms with Crippen molar-refractivity contribution in [1.29, 1.82) is 0 Å². The summed E-state index contributed by atoms with van der Waals surface area (Å²) in [5, 5.41) is 12.6. The number of aromatic nitrogens is 2. The number of rotatable bonds is 5. The molecular formula is C19H16FN3O2. The highest BCUT2D eigenvalue weighted by Crippen LogP contribution is 2.14. The van der Waals surface area contributed by atoms with E-state index in [4.69, 9.17) is 0 Å². The highest BCUT2D eigenvalue weighted by Gasteiger charge is 2.12. The molecule has 6 heteroatoms. The van der Waals surface area contributed by atoms with Crippen molar-refractivity contribution >= 4 is 5.91 Å². The lowest BCUT2D eigenvalue weighted by Crippen LogP contribution is -2.28. The minimum atomic E-state index is -0.922. The van der Waals surface area contributed by atoms with E-state index >= 15 is 0 Å². The van der Waals surface area contributed by atoms with E-state index in [1.807, 2.05) is 30.3 Å². The number of carbonyl (C=O) groups is 1. The zero-order chi connectivity index (χ0) is 17.6. The molecule has 126 valence electrons. The van der Waals surface area contributed by atoms with Crippen LogP contribution in [0, 0.1) is 5.82 Å². The molecule has 1 atom stereocenters. The van der Waals surface area contributed by atoms with Crippen molar-refractivity contribution in [2.45, 2.75) is 6.10 Å². The molecule has 0 saturated heterocycles. The third kappa shape index (κ3) is 4.24. The van der Waals surface area contributed by atoms with Crippen LogP contribution in [0.4, 0.5) is 4.39 Å². The molecule has 0 radical (unpaired) electrons. The topological polar surface area (TPSA) is 75.1 Å². The van der Waals surface area contributed by atoms with Gasteiger partial charge in [0.1, 0.15) is 5.82 Å². The molecule has 0 aliphatic heterocycles. The number of halogens is 1. The number of amides is 1. The van der Waals surface area contributed by atoms with E-state index < -0.39 is 6.10 Å². The quantitative estimate of drug-likeness (QED) is 0.751. The number of nitrogens with zero attached hydrogens (tertiary/aromatic N) is 2. The van der Waals surface area contributed by atoms with E-state index in [2.05, 4.69) is 15.3 Å². The lowest BCUT2D eigenvalue weighted by atomic mass is 10.1. The van der Waals surface area contributed by atoms with Gasteiger partial charge in [-0.2, -0.15) is 0 Å². The molecule has 1 unspecified atom stereocenters. The largest absolute Gasteiger partial charge is 0.387 e. The van der Waals surface area contributed by atoms with Crippen molar-refractivity contribution in [3.8, 4) is 11.4 Å². The maximum Gasteiger partial charge on any atom is 0.254 e. The molecule has 0 aliphatic carbocycles. The Morgan fingerprint density at radius 1 is 1.04 bits per heavy atom. The van der Waals surface area contributed by atoms with Crippen LogP contribution >= 0.6 is 0 Å². The van der Waals surface area contributed by atoms with Crippen LogP contribution in [0.5, 0.6) is 0 Å². The molecule has 1 heterocycles. The highest BCUT2D eigenvalue weighted by molar-refractivity contribution is 5.93. The van der Waals surface area contributed by atoms with Crippen LogP contribution in [0.2, 0.25) is 0 Å². The third-order valence-corrected chi connectivity index (χ3v) is 3.66. The molecule has 3 rings (SSSR count). The Morgan fingerprint density at radius 3 is 2.32 bits per heavy atom. The summed E-state index contributed by atoms with van der Waals surface area (Å²) in [6, 6.07) is 14.9. The fourth-order valence-electron chi connectivity index (χ4n) is 2.28. The van der Waals surface area contributed by atoms with Gasteiger partial charge in [0.05, 0.1) is 11.7 Å². The molecule has 3 aromatic rings. The number of nitrogens with one attached hydrogen (secondary N) is 1. The predicted octanol–water partition coefficient (Wildman–Crippen LogP) is 2.75. The summed E-state index contributed by atoms with van der Waals surface area (Å²) in [4.78, 5) is 20.5. The van der Waals surface area contributed by atoms with Gasteiger partial charge >= 0.3 is 0 Å². The first-order valence-electron chi connectivity index (χ1n) is 7.72. The minimum Gasteiger partial charge on any atom is -0.387 e. The number of carbonyl (C=O) groups excluding carboxylic acids is 1. The second-order valence-electron chi connectivity index (χ2n) is 5.44. The summed E-state index contributed by atoms with van der Waals surface area (Å²) in [5.74, 6) is -0.236. The summed E-state index contributed by atoms with van der Waals surface area (Å²) in [5.41, 5.74) is 1.68. The molecule has 5 nitrogen and oxygen atoms in total. The SMILES string of the molecule is O=C(NCC(O)c1ccc(F)cc1)c1cnc(-c2ccccc2)nc1. The van der Waals surface area contributed by atoms with Gasteiger partial charge in [0.2, 0.25) is 0 Å². The number of aliphatic hydroxyl groups is 1. The number of hydrogen-bond acceptors (Lipinski definition) is 4. The first kappa shape index (κ1) is 16.7. The monoisotopic (exact) mass is 337 g/mol. The molecule has 2 aromatic carbocycles. The summed E-state index contributed by atoms with van der Waals surface area (Å²) in [6.45, 7) is 0.00486. The zero-order valence-corrected chi connectivity index (χ0v) is 13.3. The summed E-state index contributed by atoms with van der Waals surface area (Å²) in [6.07, 6.45) is 1.96. The van der Waals surface area contributed by atoms with Crippen molar-refractivity contribution in [1.82, 2.24) is 15.3 Å². The summed E-state index contributed by atoms with van der Waals surface area (Å²) in [7, 11) is 0. The summed E-state index contributed by atoms with van der Waals surface area (Å²) >= 11 is 0. The number of hydrogen-bond donors (Lipinski definition) is 2. The van der Waals surface area contributed by atoms with Gasteiger partial charge in [-0.15, -0.1) is 0 Å². The van der Waals surface area contributed by atoms with Crippen molar-refractivity contribution in [3.05, 3.63) is 83.9 Å². The molecule has 1 aromatic heterocycles. The normalized spacial score (nSPS) is 11.8. The maximum absolute atomic E-state index is 12.9. The second-order valence-corrected chi connectivity index (χ2v) is 5.44. The van der Waals surface area contributed by atoms with Crippen LogP contribution in [0.3, 0.4) is 0 Å². The fourth-order valence-corrected chi connectivity index (χ4v) is 2.28. The third-order valence-electron chi connectivity index (χ3n) is 3.66. The van der Waals surface area contributed by atoms with E-state index in [9.17, 15) is 14.3 Å². The highest BCUT2D eigenvalue weighted by atomic mass is 19.1. The lowest BCUT2D eigenvalue weighted by molar-refractivity contribution is 0.0915. The molecule has 0 aliphatic rings. The van der Waals surface area contributed by atoms with Crippen molar-refractivity contribution < 1.29 is 14.3 Å². The van der Waals surface area contributed by atoms with Gasteiger partial charge in [0.25, 0.3) is 5.91 Å². The molecule has 0 saturated carbocycles. The Labute approximate surface area is 144 Å². The molecule has 0 bridgehead atoms. The van der Waals surface area contributed by atoms with Crippen LogP contribution in [0.25, 0.3) is 11.4 Å². The maximum atomic E-state index is 12.9. The van der Waals surface area contributed by atoms with Gasteiger partial charge in [-0.05, 0) is 17.7 Å².